The van der Waals surface area contributed by atoms with Gasteiger partial charge in [-0.3, -0.25) is 9.69 Å². The first kappa shape index (κ1) is 21.0. The molecule has 0 radical (unpaired) electrons. The van der Waals surface area contributed by atoms with E-state index in [0.717, 1.165) is 62.8 Å². The summed E-state index contributed by atoms with van der Waals surface area (Å²) in [7, 11) is 0. The summed E-state index contributed by atoms with van der Waals surface area (Å²) >= 11 is 6.12. The second-order valence-corrected chi connectivity index (χ2v) is 7.88. The third-order valence-corrected chi connectivity index (χ3v) is 5.92. The number of fused-ring (bicyclic) bond motifs is 1. The maximum atomic E-state index is 11.7. The molecule has 150 valence electrons. The van der Waals surface area contributed by atoms with Crippen molar-refractivity contribution in [1.29, 1.82) is 0 Å². The first-order valence-corrected chi connectivity index (χ1v) is 10.1. The Balaban J connectivity index is 0.00000225. The normalized spacial score (nSPS) is 16.6. The van der Waals surface area contributed by atoms with Gasteiger partial charge >= 0.3 is 0 Å². The molecular formula is C22H27Cl2N3O. The van der Waals surface area contributed by atoms with Gasteiger partial charge in [-0.25, -0.2) is 0 Å². The minimum absolute atomic E-state index is 0. The average molecular weight is 420 g/mol. The van der Waals surface area contributed by atoms with Crippen molar-refractivity contribution >= 4 is 41.3 Å². The quantitative estimate of drug-likeness (QED) is 0.747. The molecule has 2 aliphatic rings. The van der Waals surface area contributed by atoms with Crippen LogP contribution in [0.1, 0.15) is 18.1 Å². The molecule has 0 atom stereocenters. The number of hydrogen-bond acceptors (Lipinski definition) is 3. The van der Waals surface area contributed by atoms with Gasteiger partial charge in [-0.15, -0.1) is 12.4 Å². The summed E-state index contributed by atoms with van der Waals surface area (Å²) in [6, 6.07) is 14.7. The lowest BCUT2D eigenvalue weighted by Gasteiger charge is -2.36. The third-order valence-electron chi connectivity index (χ3n) is 5.68. The Hall–Kier alpha value is -1.75. The second kappa shape index (κ2) is 9.17. The van der Waals surface area contributed by atoms with Gasteiger partial charge in [0.15, 0.2) is 0 Å². The lowest BCUT2D eigenvalue weighted by molar-refractivity contribution is -0.116. The van der Waals surface area contributed by atoms with E-state index in [1.165, 1.54) is 16.8 Å². The number of carbonyl (C=O) groups excluding carboxylic acids is 1. The van der Waals surface area contributed by atoms with E-state index in [4.69, 9.17) is 11.6 Å². The van der Waals surface area contributed by atoms with Crippen LogP contribution in [0.4, 0.5) is 11.4 Å². The fraction of sp³-hybridized carbons (Fsp3) is 0.409. The molecule has 6 heteroatoms. The topological polar surface area (TPSA) is 26.8 Å². The van der Waals surface area contributed by atoms with Gasteiger partial charge in [0.25, 0.3) is 0 Å². The van der Waals surface area contributed by atoms with Crippen molar-refractivity contribution in [1.82, 2.24) is 4.90 Å². The Morgan fingerprint density at radius 1 is 1.04 bits per heavy atom. The molecule has 1 saturated heterocycles. The van der Waals surface area contributed by atoms with Gasteiger partial charge in [-0.2, -0.15) is 0 Å². The molecule has 0 bridgehead atoms. The highest BCUT2D eigenvalue weighted by Crippen LogP contribution is 2.29. The Labute approximate surface area is 178 Å². The first-order valence-electron chi connectivity index (χ1n) is 9.73. The second-order valence-electron chi connectivity index (χ2n) is 7.44. The van der Waals surface area contributed by atoms with Crippen LogP contribution in [-0.2, 0) is 17.6 Å². The molecule has 1 amide bonds. The Kier molecular flexibility index (Phi) is 6.86. The molecule has 28 heavy (non-hydrogen) atoms. The number of piperazine rings is 1. The van der Waals surface area contributed by atoms with Crippen molar-refractivity contribution in [3.63, 3.8) is 0 Å². The highest BCUT2D eigenvalue weighted by Gasteiger charge is 2.22. The summed E-state index contributed by atoms with van der Waals surface area (Å²) in [5, 5.41) is 0.801. The van der Waals surface area contributed by atoms with Gasteiger partial charge < -0.3 is 9.80 Å². The van der Waals surface area contributed by atoms with Crippen LogP contribution in [0.25, 0.3) is 0 Å². The monoisotopic (exact) mass is 419 g/mol. The Morgan fingerprint density at radius 3 is 2.54 bits per heavy atom. The number of anilines is 2. The van der Waals surface area contributed by atoms with Gasteiger partial charge in [-0.1, -0.05) is 29.8 Å². The molecule has 0 spiro atoms. The van der Waals surface area contributed by atoms with Crippen LogP contribution in [-0.4, -0.2) is 50.1 Å². The van der Waals surface area contributed by atoms with E-state index >= 15 is 0 Å². The number of amides is 1. The highest BCUT2D eigenvalue weighted by atomic mass is 35.5. The zero-order chi connectivity index (χ0) is 18.8. The molecule has 2 aromatic carbocycles. The number of nitrogens with zero attached hydrogens (tertiary/aromatic N) is 3. The minimum Gasteiger partial charge on any atom is -0.369 e. The number of halogens is 2. The largest absolute Gasteiger partial charge is 0.369 e. The van der Waals surface area contributed by atoms with E-state index in [1.54, 1.807) is 6.92 Å². The molecule has 0 aliphatic carbocycles. The zero-order valence-electron chi connectivity index (χ0n) is 16.2. The van der Waals surface area contributed by atoms with Gasteiger partial charge in [0.1, 0.15) is 0 Å². The van der Waals surface area contributed by atoms with Gasteiger partial charge in [0.05, 0.1) is 0 Å². The van der Waals surface area contributed by atoms with Gasteiger partial charge in [0.2, 0.25) is 5.91 Å². The smallest absolute Gasteiger partial charge is 0.223 e. The van der Waals surface area contributed by atoms with E-state index in [-0.39, 0.29) is 18.3 Å². The molecule has 2 aliphatic heterocycles. The predicted molar refractivity (Wildman–Crippen MR) is 119 cm³/mol. The number of hydrogen-bond donors (Lipinski definition) is 0. The van der Waals surface area contributed by atoms with Crippen LogP contribution < -0.4 is 9.80 Å². The molecule has 2 aromatic rings. The van der Waals surface area contributed by atoms with Crippen molar-refractivity contribution < 1.29 is 4.79 Å². The Bertz CT molecular complexity index is 834. The fourth-order valence-corrected chi connectivity index (χ4v) is 4.31. The van der Waals surface area contributed by atoms with Crippen LogP contribution in [0, 0.1) is 0 Å². The van der Waals surface area contributed by atoms with Crippen LogP contribution in [0.5, 0.6) is 0 Å². The van der Waals surface area contributed by atoms with E-state index < -0.39 is 0 Å². The van der Waals surface area contributed by atoms with E-state index in [1.807, 2.05) is 23.1 Å². The molecule has 1 fully saturated rings. The summed E-state index contributed by atoms with van der Waals surface area (Å²) in [6.45, 7) is 7.78. The molecule has 0 N–H and O–H groups in total. The van der Waals surface area contributed by atoms with Crippen LogP contribution in [0.2, 0.25) is 5.02 Å². The maximum absolute atomic E-state index is 11.7. The number of carbonyl (C=O) groups is 1. The van der Waals surface area contributed by atoms with Crippen molar-refractivity contribution in [2.75, 3.05) is 49.1 Å². The predicted octanol–water partition coefficient (Wildman–Crippen LogP) is 4.04. The summed E-state index contributed by atoms with van der Waals surface area (Å²) in [5.41, 5.74) is 5.00. The molecule has 2 heterocycles. The van der Waals surface area contributed by atoms with E-state index in [0.29, 0.717) is 0 Å². The maximum Gasteiger partial charge on any atom is 0.223 e. The van der Waals surface area contributed by atoms with Gasteiger partial charge in [0, 0.05) is 62.6 Å². The molecule has 0 aromatic heterocycles. The van der Waals surface area contributed by atoms with Crippen LogP contribution in [0.3, 0.4) is 0 Å². The van der Waals surface area contributed by atoms with Crippen molar-refractivity contribution in [3.05, 3.63) is 58.6 Å². The SMILES string of the molecule is CC(=O)N1CCc2cc(CCN3CCN(c4cccc(Cl)c4)CC3)ccc21.Cl. The van der Waals surface area contributed by atoms with E-state index in [9.17, 15) is 4.79 Å². The zero-order valence-corrected chi connectivity index (χ0v) is 17.8. The lowest BCUT2D eigenvalue weighted by atomic mass is 10.1. The lowest BCUT2D eigenvalue weighted by Crippen LogP contribution is -2.47. The summed E-state index contributed by atoms with van der Waals surface area (Å²) in [5.74, 6) is 0.138. The fourth-order valence-electron chi connectivity index (χ4n) is 4.13. The van der Waals surface area contributed by atoms with Crippen molar-refractivity contribution in [2.45, 2.75) is 19.8 Å². The summed E-state index contributed by atoms with van der Waals surface area (Å²) < 4.78 is 0. The Morgan fingerprint density at radius 2 is 1.82 bits per heavy atom. The summed E-state index contributed by atoms with van der Waals surface area (Å²) in [6.07, 6.45) is 2.03. The first-order chi connectivity index (χ1) is 13.1. The molecule has 4 nitrogen and oxygen atoms in total. The standard InChI is InChI=1S/C22H26ClN3O.ClH/c1-17(27)26-10-8-19-15-18(5-6-22(19)26)7-9-24-11-13-25(14-12-24)21-4-2-3-20(23)16-21;/h2-6,15-16H,7-14H2,1H3;1H. The molecule has 0 unspecified atom stereocenters. The van der Waals surface area contributed by atoms with Crippen molar-refractivity contribution in [3.8, 4) is 0 Å². The third kappa shape index (κ3) is 4.62. The molecule has 4 rings (SSSR count). The molecular weight excluding hydrogens is 393 g/mol. The van der Waals surface area contributed by atoms with Crippen molar-refractivity contribution in [2.24, 2.45) is 0 Å². The summed E-state index contributed by atoms with van der Waals surface area (Å²) in [4.78, 5) is 18.5. The highest BCUT2D eigenvalue weighted by molar-refractivity contribution is 6.30. The number of rotatable bonds is 4. The van der Waals surface area contributed by atoms with Crippen LogP contribution in [0.15, 0.2) is 42.5 Å². The minimum atomic E-state index is 0. The number of benzene rings is 2. The van der Waals surface area contributed by atoms with E-state index in [2.05, 4.69) is 34.1 Å². The average Bonchev–Trinajstić information content (AvgIpc) is 3.10. The molecule has 0 saturated carbocycles. The van der Waals surface area contributed by atoms with Gasteiger partial charge in [-0.05, 0) is 48.2 Å². The van der Waals surface area contributed by atoms with Crippen LogP contribution >= 0.6 is 24.0 Å².